The number of allylic oxidation sites excluding steroid dienone is 1. The maximum Gasteiger partial charge on any atom is 0.271 e. The molecule has 2 aromatic rings. The van der Waals surface area contributed by atoms with Crippen LogP contribution in [0, 0.1) is 0 Å². The molecule has 3 N–H and O–H groups in total. The standard InChI is InChI=1S/C20H18Cl2N4O2S/c1-11-17(19(27)26-23-10-13-3-6-14(21)9-16(13)22)18(25-20(29)24-11)12-4-7-15(28-2)8-5-12/h3-10,18H,1-2H3,(H,26,27)(H2,24,25,29)/b23-10+. The van der Waals surface area contributed by atoms with Crippen molar-refractivity contribution >= 4 is 52.7 Å². The quantitative estimate of drug-likeness (QED) is 0.366. The first-order valence-corrected chi connectivity index (χ1v) is 9.76. The summed E-state index contributed by atoms with van der Waals surface area (Å²) in [5.41, 5.74) is 5.16. The van der Waals surface area contributed by atoms with Crippen LogP contribution in [0.15, 0.2) is 58.8 Å². The molecule has 0 spiro atoms. The first-order chi connectivity index (χ1) is 13.9. The van der Waals surface area contributed by atoms with E-state index in [1.165, 1.54) is 6.21 Å². The molecule has 2 aromatic carbocycles. The van der Waals surface area contributed by atoms with Crippen LogP contribution in [0.2, 0.25) is 10.0 Å². The second-order valence-corrected chi connectivity index (χ2v) is 7.46. The zero-order valence-corrected chi connectivity index (χ0v) is 18.0. The molecule has 0 aliphatic carbocycles. The average Bonchev–Trinajstić information content (AvgIpc) is 2.69. The fraction of sp³-hybridized carbons (Fsp3) is 0.150. The zero-order chi connectivity index (χ0) is 21.0. The Labute approximate surface area is 183 Å². The number of amides is 1. The van der Waals surface area contributed by atoms with Crippen molar-refractivity contribution in [2.75, 3.05) is 7.11 Å². The van der Waals surface area contributed by atoms with Crippen molar-refractivity contribution < 1.29 is 9.53 Å². The summed E-state index contributed by atoms with van der Waals surface area (Å²) in [4.78, 5) is 12.9. The SMILES string of the molecule is COc1ccc(C2NC(=S)NC(C)=C2C(=O)N/N=C/c2ccc(Cl)cc2Cl)cc1. The summed E-state index contributed by atoms with van der Waals surface area (Å²) >= 11 is 17.3. The molecular formula is C20H18Cl2N4O2S. The van der Waals surface area contributed by atoms with E-state index in [1.807, 2.05) is 24.3 Å². The van der Waals surface area contributed by atoms with Crippen molar-refractivity contribution in [3.8, 4) is 5.75 Å². The molecule has 1 heterocycles. The Kier molecular flexibility index (Phi) is 6.74. The summed E-state index contributed by atoms with van der Waals surface area (Å²) in [6.07, 6.45) is 1.46. The molecule has 1 aliphatic heterocycles. The van der Waals surface area contributed by atoms with Crippen molar-refractivity contribution in [3.63, 3.8) is 0 Å². The molecule has 0 saturated carbocycles. The van der Waals surface area contributed by atoms with Crippen LogP contribution in [-0.4, -0.2) is 24.3 Å². The number of hydrazone groups is 1. The number of methoxy groups -OCH3 is 1. The third-order valence-electron chi connectivity index (χ3n) is 4.30. The summed E-state index contributed by atoms with van der Waals surface area (Å²) in [7, 11) is 1.60. The van der Waals surface area contributed by atoms with Gasteiger partial charge in [0.15, 0.2) is 5.11 Å². The van der Waals surface area contributed by atoms with Gasteiger partial charge < -0.3 is 15.4 Å². The predicted molar refractivity (Wildman–Crippen MR) is 120 cm³/mol. The van der Waals surface area contributed by atoms with Gasteiger partial charge in [0.2, 0.25) is 0 Å². The van der Waals surface area contributed by atoms with E-state index in [4.69, 9.17) is 40.2 Å². The minimum atomic E-state index is -0.427. The summed E-state index contributed by atoms with van der Waals surface area (Å²) in [6, 6.07) is 12.0. The Balaban J connectivity index is 1.82. The summed E-state index contributed by atoms with van der Waals surface area (Å²) in [6.45, 7) is 1.79. The van der Waals surface area contributed by atoms with Crippen molar-refractivity contribution in [3.05, 3.63) is 74.9 Å². The minimum Gasteiger partial charge on any atom is -0.497 e. The van der Waals surface area contributed by atoms with E-state index in [0.29, 0.717) is 32.0 Å². The number of carbonyl (C=O) groups excluding carboxylic acids is 1. The van der Waals surface area contributed by atoms with E-state index in [1.54, 1.807) is 32.2 Å². The van der Waals surface area contributed by atoms with Gasteiger partial charge >= 0.3 is 0 Å². The van der Waals surface area contributed by atoms with Gasteiger partial charge in [0.05, 0.1) is 30.0 Å². The molecule has 1 amide bonds. The van der Waals surface area contributed by atoms with E-state index < -0.39 is 6.04 Å². The van der Waals surface area contributed by atoms with Crippen molar-refractivity contribution in [2.24, 2.45) is 5.10 Å². The predicted octanol–water partition coefficient (Wildman–Crippen LogP) is 3.95. The van der Waals surface area contributed by atoms with Gasteiger partial charge in [0, 0.05) is 16.3 Å². The van der Waals surface area contributed by atoms with E-state index in [2.05, 4.69) is 21.2 Å². The largest absolute Gasteiger partial charge is 0.497 e. The Hall–Kier alpha value is -2.61. The fourth-order valence-electron chi connectivity index (χ4n) is 2.87. The van der Waals surface area contributed by atoms with Crippen LogP contribution in [0.25, 0.3) is 0 Å². The van der Waals surface area contributed by atoms with Gasteiger partial charge in [0.1, 0.15) is 5.75 Å². The first-order valence-electron chi connectivity index (χ1n) is 8.59. The molecule has 0 radical (unpaired) electrons. The van der Waals surface area contributed by atoms with Gasteiger partial charge in [0.25, 0.3) is 5.91 Å². The second kappa shape index (κ2) is 9.26. The average molecular weight is 449 g/mol. The Bertz CT molecular complexity index is 1010. The number of ether oxygens (including phenoxy) is 1. The summed E-state index contributed by atoms with van der Waals surface area (Å²) < 4.78 is 5.20. The lowest BCUT2D eigenvalue weighted by Crippen LogP contribution is -2.46. The molecular weight excluding hydrogens is 431 g/mol. The maximum atomic E-state index is 12.9. The van der Waals surface area contributed by atoms with Crippen molar-refractivity contribution in [1.29, 1.82) is 0 Å². The van der Waals surface area contributed by atoms with Crippen LogP contribution in [0.1, 0.15) is 24.1 Å². The molecule has 0 saturated heterocycles. The molecule has 29 heavy (non-hydrogen) atoms. The third kappa shape index (κ3) is 5.06. The molecule has 1 unspecified atom stereocenters. The number of hydrogen-bond acceptors (Lipinski definition) is 4. The fourth-order valence-corrected chi connectivity index (χ4v) is 3.60. The molecule has 1 aliphatic rings. The molecule has 0 aromatic heterocycles. The Morgan fingerprint density at radius 1 is 1.24 bits per heavy atom. The normalized spacial score (nSPS) is 16.4. The van der Waals surface area contributed by atoms with Crippen LogP contribution in [0.5, 0.6) is 5.75 Å². The Morgan fingerprint density at radius 2 is 1.97 bits per heavy atom. The molecule has 150 valence electrons. The van der Waals surface area contributed by atoms with Crippen LogP contribution in [-0.2, 0) is 4.79 Å². The molecule has 0 bridgehead atoms. The Morgan fingerprint density at radius 3 is 2.62 bits per heavy atom. The van der Waals surface area contributed by atoms with E-state index >= 15 is 0 Å². The number of halogens is 2. The van der Waals surface area contributed by atoms with Crippen LogP contribution in [0.4, 0.5) is 0 Å². The minimum absolute atomic E-state index is 0.368. The number of carbonyl (C=O) groups is 1. The van der Waals surface area contributed by atoms with E-state index in [-0.39, 0.29) is 5.91 Å². The highest BCUT2D eigenvalue weighted by Crippen LogP contribution is 2.28. The number of hydrogen-bond donors (Lipinski definition) is 3. The van der Waals surface area contributed by atoms with Gasteiger partial charge in [-0.2, -0.15) is 5.10 Å². The van der Waals surface area contributed by atoms with Crippen LogP contribution < -0.4 is 20.8 Å². The highest BCUT2D eigenvalue weighted by atomic mass is 35.5. The van der Waals surface area contributed by atoms with E-state index in [9.17, 15) is 4.79 Å². The first kappa shape index (κ1) is 21.1. The number of thiocarbonyl (C=S) groups is 1. The molecule has 3 rings (SSSR count). The molecule has 1 atom stereocenters. The number of rotatable bonds is 5. The van der Waals surface area contributed by atoms with Gasteiger partial charge in [-0.05, 0) is 49.0 Å². The molecule has 6 nitrogen and oxygen atoms in total. The van der Waals surface area contributed by atoms with Gasteiger partial charge in [-0.15, -0.1) is 0 Å². The van der Waals surface area contributed by atoms with Crippen LogP contribution >= 0.6 is 35.4 Å². The lowest BCUT2D eigenvalue weighted by molar-refractivity contribution is -0.117. The van der Waals surface area contributed by atoms with Gasteiger partial charge in [-0.25, -0.2) is 5.43 Å². The second-order valence-electron chi connectivity index (χ2n) is 6.21. The number of nitrogens with one attached hydrogen (secondary N) is 3. The molecule has 9 heteroatoms. The molecule has 0 fully saturated rings. The van der Waals surface area contributed by atoms with Gasteiger partial charge in [-0.3, -0.25) is 4.79 Å². The number of nitrogens with zero attached hydrogens (tertiary/aromatic N) is 1. The van der Waals surface area contributed by atoms with Crippen LogP contribution in [0.3, 0.4) is 0 Å². The highest BCUT2D eigenvalue weighted by molar-refractivity contribution is 7.80. The zero-order valence-electron chi connectivity index (χ0n) is 15.6. The smallest absolute Gasteiger partial charge is 0.271 e. The highest BCUT2D eigenvalue weighted by Gasteiger charge is 2.29. The van der Waals surface area contributed by atoms with Crippen molar-refractivity contribution in [1.82, 2.24) is 16.1 Å². The third-order valence-corrected chi connectivity index (χ3v) is 5.08. The van der Waals surface area contributed by atoms with Crippen molar-refractivity contribution in [2.45, 2.75) is 13.0 Å². The topological polar surface area (TPSA) is 74.8 Å². The number of benzene rings is 2. The van der Waals surface area contributed by atoms with Gasteiger partial charge in [-0.1, -0.05) is 41.4 Å². The van der Waals surface area contributed by atoms with E-state index in [0.717, 1.165) is 11.3 Å². The lowest BCUT2D eigenvalue weighted by atomic mass is 9.95. The summed E-state index contributed by atoms with van der Waals surface area (Å²) in [5, 5.41) is 11.5. The lowest BCUT2D eigenvalue weighted by Gasteiger charge is -2.30. The summed E-state index contributed by atoms with van der Waals surface area (Å²) in [5.74, 6) is 0.355. The maximum absolute atomic E-state index is 12.9. The monoisotopic (exact) mass is 448 g/mol.